The van der Waals surface area contributed by atoms with Crippen molar-refractivity contribution in [2.24, 2.45) is 11.7 Å². The Kier molecular flexibility index (Phi) is 5.86. The minimum absolute atomic E-state index is 0.378. The van der Waals surface area contributed by atoms with E-state index in [0.29, 0.717) is 12.6 Å². The summed E-state index contributed by atoms with van der Waals surface area (Å²) in [5.74, 6) is 0.911. The highest BCUT2D eigenvalue weighted by Crippen LogP contribution is 2.27. The smallest absolute Gasteiger partial charge is 0.0470 e. The molecule has 2 unspecified atom stereocenters. The lowest BCUT2D eigenvalue weighted by Gasteiger charge is -2.30. The lowest BCUT2D eigenvalue weighted by molar-refractivity contribution is 0.207. The molecule has 1 aliphatic rings. The summed E-state index contributed by atoms with van der Waals surface area (Å²) in [4.78, 5) is 2.58. The summed E-state index contributed by atoms with van der Waals surface area (Å²) in [6.45, 7) is 5.40. The van der Waals surface area contributed by atoms with Crippen LogP contribution in [0.5, 0.6) is 0 Å². The first-order valence-corrected chi connectivity index (χ1v) is 8.23. The Morgan fingerprint density at radius 2 is 2.00 bits per heavy atom. The van der Waals surface area contributed by atoms with Crippen molar-refractivity contribution < 1.29 is 0 Å². The van der Waals surface area contributed by atoms with Crippen molar-refractivity contribution in [1.29, 1.82) is 0 Å². The third-order valence-electron chi connectivity index (χ3n) is 4.38. The van der Waals surface area contributed by atoms with E-state index in [4.69, 9.17) is 5.73 Å². The standard InChI is InChI=1S/C16H25BrN2/c1-2-13-4-3-10-19(11-9-13)16(12-18)14-5-7-15(17)8-6-14/h5-8,13,16H,2-4,9-12,18H2,1H3. The summed E-state index contributed by atoms with van der Waals surface area (Å²) in [5.41, 5.74) is 7.39. The second-order valence-corrected chi connectivity index (χ2v) is 6.46. The highest BCUT2D eigenvalue weighted by atomic mass is 79.9. The summed E-state index contributed by atoms with van der Waals surface area (Å²) in [5, 5.41) is 0. The van der Waals surface area contributed by atoms with Gasteiger partial charge in [0.05, 0.1) is 0 Å². The summed E-state index contributed by atoms with van der Waals surface area (Å²) >= 11 is 3.50. The molecule has 1 aromatic carbocycles. The van der Waals surface area contributed by atoms with E-state index in [-0.39, 0.29) is 0 Å². The van der Waals surface area contributed by atoms with Crippen molar-refractivity contribution in [1.82, 2.24) is 4.90 Å². The van der Waals surface area contributed by atoms with Crippen LogP contribution >= 0.6 is 15.9 Å². The summed E-state index contributed by atoms with van der Waals surface area (Å²) < 4.78 is 1.13. The molecule has 0 saturated carbocycles. The topological polar surface area (TPSA) is 29.3 Å². The number of nitrogens with two attached hydrogens (primary N) is 1. The molecule has 1 saturated heterocycles. The molecule has 0 spiro atoms. The zero-order valence-corrected chi connectivity index (χ0v) is 13.4. The normalized spacial score (nSPS) is 23.0. The van der Waals surface area contributed by atoms with Gasteiger partial charge in [0.25, 0.3) is 0 Å². The molecule has 106 valence electrons. The van der Waals surface area contributed by atoms with Gasteiger partial charge in [0.15, 0.2) is 0 Å². The summed E-state index contributed by atoms with van der Waals surface area (Å²) in [7, 11) is 0. The molecule has 2 atom stereocenters. The highest BCUT2D eigenvalue weighted by molar-refractivity contribution is 9.10. The van der Waals surface area contributed by atoms with Crippen LogP contribution in [0.3, 0.4) is 0 Å². The van der Waals surface area contributed by atoms with Crippen molar-refractivity contribution in [3.05, 3.63) is 34.3 Å². The van der Waals surface area contributed by atoms with Gasteiger partial charge in [-0.05, 0) is 56.0 Å². The van der Waals surface area contributed by atoms with Gasteiger partial charge in [-0.3, -0.25) is 4.90 Å². The molecule has 3 heteroatoms. The second-order valence-electron chi connectivity index (χ2n) is 5.54. The minimum atomic E-state index is 0.378. The number of nitrogens with zero attached hydrogens (tertiary/aromatic N) is 1. The zero-order chi connectivity index (χ0) is 13.7. The van der Waals surface area contributed by atoms with E-state index in [1.807, 2.05) is 0 Å². The van der Waals surface area contributed by atoms with Crippen LogP contribution in [0.25, 0.3) is 0 Å². The Balaban J connectivity index is 2.06. The predicted molar refractivity (Wildman–Crippen MR) is 85.1 cm³/mol. The highest BCUT2D eigenvalue weighted by Gasteiger charge is 2.22. The van der Waals surface area contributed by atoms with Crippen molar-refractivity contribution in [2.45, 2.75) is 38.6 Å². The predicted octanol–water partition coefficient (Wildman–Crippen LogP) is 3.96. The lowest BCUT2D eigenvalue weighted by atomic mass is 9.98. The second kappa shape index (κ2) is 7.41. The average Bonchev–Trinajstić information content (AvgIpc) is 2.67. The first-order valence-electron chi connectivity index (χ1n) is 7.44. The quantitative estimate of drug-likeness (QED) is 0.908. The van der Waals surface area contributed by atoms with Crippen LogP contribution in [0.2, 0.25) is 0 Å². The van der Waals surface area contributed by atoms with Crippen LogP contribution in [0.4, 0.5) is 0 Å². The molecule has 2 N–H and O–H groups in total. The van der Waals surface area contributed by atoms with Gasteiger partial charge in [-0.25, -0.2) is 0 Å². The van der Waals surface area contributed by atoms with Crippen molar-refractivity contribution in [2.75, 3.05) is 19.6 Å². The Bertz CT molecular complexity index is 377. The number of hydrogen-bond acceptors (Lipinski definition) is 2. The van der Waals surface area contributed by atoms with E-state index >= 15 is 0 Å². The third-order valence-corrected chi connectivity index (χ3v) is 4.91. The van der Waals surface area contributed by atoms with Crippen LogP contribution < -0.4 is 5.73 Å². The zero-order valence-electron chi connectivity index (χ0n) is 11.8. The minimum Gasteiger partial charge on any atom is -0.329 e. The largest absolute Gasteiger partial charge is 0.329 e. The van der Waals surface area contributed by atoms with E-state index in [1.54, 1.807) is 0 Å². The van der Waals surface area contributed by atoms with Crippen LogP contribution in [-0.2, 0) is 0 Å². The molecule has 1 aromatic rings. The van der Waals surface area contributed by atoms with Crippen molar-refractivity contribution >= 4 is 15.9 Å². The maximum Gasteiger partial charge on any atom is 0.0470 e. The molecule has 1 heterocycles. The molecule has 2 nitrogen and oxygen atoms in total. The molecule has 1 aliphatic heterocycles. The number of hydrogen-bond donors (Lipinski definition) is 1. The van der Waals surface area contributed by atoms with Gasteiger partial charge in [0.1, 0.15) is 0 Å². The first-order chi connectivity index (χ1) is 9.24. The van der Waals surface area contributed by atoms with Gasteiger partial charge in [-0.1, -0.05) is 41.4 Å². The Hall–Kier alpha value is -0.380. The van der Waals surface area contributed by atoms with E-state index < -0.39 is 0 Å². The van der Waals surface area contributed by atoms with Crippen LogP contribution in [0.1, 0.15) is 44.2 Å². The maximum atomic E-state index is 6.04. The van der Waals surface area contributed by atoms with Gasteiger partial charge in [0, 0.05) is 17.1 Å². The van der Waals surface area contributed by atoms with Gasteiger partial charge in [-0.2, -0.15) is 0 Å². The monoisotopic (exact) mass is 324 g/mol. The van der Waals surface area contributed by atoms with E-state index in [9.17, 15) is 0 Å². The van der Waals surface area contributed by atoms with E-state index in [2.05, 4.69) is 52.0 Å². The Morgan fingerprint density at radius 3 is 2.63 bits per heavy atom. The molecular formula is C16H25BrN2. The molecule has 19 heavy (non-hydrogen) atoms. The molecule has 1 fully saturated rings. The number of halogens is 1. The fourth-order valence-corrected chi connectivity index (χ4v) is 3.35. The van der Waals surface area contributed by atoms with Crippen molar-refractivity contribution in [3.63, 3.8) is 0 Å². The van der Waals surface area contributed by atoms with Gasteiger partial charge < -0.3 is 5.73 Å². The number of rotatable bonds is 4. The number of likely N-dealkylation sites (tertiary alicyclic amines) is 1. The molecule has 0 amide bonds. The third kappa shape index (κ3) is 4.04. The van der Waals surface area contributed by atoms with Crippen molar-refractivity contribution in [3.8, 4) is 0 Å². The van der Waals surface area contributed by atoms with E-state index in [0.717, 1.165) is 10.4 Å². The fourth-order valence-electron chi connectivity index (χ4n) is 3.09. The SMILES string of the molecule is CCC1CCCN(C(CN)c2ccc(Br)cc2)CC1. The molecule has 0 aliphatic carbocycles. The molecule has 0 bridgehead atoms. The van der Waals surface area contributed by atoms with Crippen LogP contribution in [0, 0.1) is 5.92 Å². The Labute approximate surface area is 125 Å². The Morgan fingerprint density at radius 1 is 1.26 bits per heavy atom. The lowest BCUT2D eigenvalue weighted by Crippen LogP contribution is -2.34. The summed E-state index contributed by atoms with van der Waals surface area (Å²) in [6, 6.07) is 9.01. The molecule has 2 rings (SSSR count). The molecular weight excluding hydrogens is 300 g/mol. The van der Waals surface area contributed by atoms with Gasteiger partial charge >= 0.3 is 0 Å². The van der Waals surface area contributed by atoms with Crippen LogP contribution in [-0.4, -0.2) is 24.5 Å². The maximum absolute atomic E-state index is 6.04. The number of benzene rings is 1. The van der Waals surface area contributed by atoms with E-state index in [1.165, 1.54) is 44.3 Å². The molecule has 0 aromatic heterocycles. The van der Waals surface area contributed by atoms with Gasteiger partial charge in [-0.15, -0.1) is 0 Å². The fraction of sp³-hybridized carbons (Fsp3) is 0.625. The average molecular weight is 325 g/mol. The summed E-state index contributed by atoms with van der Waals surface area (Å²) in [6.07, 6.45) is 5.33. The van der Waals surface area contributed by atoms with Gasteiger partial charge in [0.2, 0.25) is 0 Å². The first kappa shape index (κ1) is 15.0. The van der Waals surface area contributed by atoms with Crippen LogP contribution in [0.15, 0.2) is 28.7 Å². The molecule has 0 radical (unpaired) electrons.